The van der Waals surface area contributed by atoms with Gasteiger partial charge in [0.05, 0.1) is 32.3 Å². The quantitative estimate of drug-likeness (QED) is 0.318. The summed E-state index contributed by atoms with van der Waals surface area (Å²) in [6.45, 7) is 0. The number of phenols is 2. The number of carbonyl (C=O) groups excluding carboxylic acids is 1. The maximum atomic E-state index is 12.4. The molecule has 1 amide bonds. The number of nitrogens with zero attached hydrogens (tertiary/aromatic N) is 2. The Morgan fingerprint density at radius 2 is 1.44 bits per heavy atom. The molecule has 0 aliphatic heterocycles. The van der Waals surface area contributed by atoms with Crippen LogP contribution in [0.1, 0.15) is 21.5 Å². The number of phenolic OH excluding ortho intramolecular Hbond substituents is 2. The molecule has 0 aliphatic rings. The first-order valence-electron chi connectivity index (χ1n) is 9.46. The number of nitrogens with one attached hydrogen (secondary N) is 2. The molecule has 0 saturated carbocycles. The number of anilines is 1. The van der Waals surface area contributed by atoms with Crippen LogP contribution in [-0.4, -0.2) is 42.8 Å². The Balaban J connectivity index is 1.60. The van der Waals surface area contributed by atoms with Crippen molar-refractivity contribution >= 4 is 24.0 Å². The van der Waals surface area contributed by atoms with Gasteiger partial charge in [0.25, 0.3) is 5.91 Å². The highest BCUT2D eigenvalue weighted by atomic mass is 16.5. The number of rotatable bonds is 8. The van der Waals surface area contributed by atoms with Crippen molar-refractivity contribution in [3.05, 3.63) is 77.4 Å². The van der Waals surface area contributed by atoms with E-state index in [0.717, 1.165) is 5.56 Å². The van der Waals surface area contributed by atoms with Crippen LogP contribution in [0.3, 0.4) is 0 Å². The Morgan fingerprint density at radius 3 is 2.03 bits per heavy atom. The topological polar surface area (TPSA) is 125 Å². The molecule has 0 aliphatic carbocycles. The fourth-order valence-corrected chi connectivity index (χ4v) is 2.69. The molecule has 4 N–H and O–H groups in total. The van der Waals surface area contributed by atoms with E-state index in [1.165, 1.54) is 32.6 Å². The first-order chi connectivity index (χ1) is 15.5. The van der Waals surface area contributed by atoms with E-state index in [-0.39, 0.29) is 11.5 Å². The van der Waals surface area contributed by atoms with E-state index in [2.05, 4.69) is 21.1 Å². The highest BCUT2D eigenvalue weighted by Gasteiger charge is 2.06. The van der Waals surface area contributed by atoms with E-state index in [0.29, 0.717) is 28.3 Å². The fraction of sp³-hybridized carbons (Fsp3) is 0.0870. The van der Waals surface area contributed by atoms with Gasteiger partial charge in [-0.15, -0.1) is 0 Å². The molecule has 0 radical (unpaired) electrons. The third-order valence-corrected chi connectivity index (χ3v) is 4.32. The van der Waals surface area contributed by atoms with Gasteiger partial charge in [0.2, 0.25) is 0 Å². The molecular weight excluding hydrogens is 412 g/mol. The smallest absolute Gasteiger partial charge is 0.271 e. The van der Waals surface area contributed by atoms with Crippen LogP contribution >= 0.6 is 0 Å². The molecule has 0 aromatic heterocycles. The Hall–Kier alpha value is -4.53. The second-order valence-corrected chi connectivity index (χ2v) is 6.51. The number of hydrogen-bond donors (Lipinski definition) is 4. The van der Waals surface area contributed by atoms with Crippen molar-refractivity contribution in [1.82, 2.24) is 5.43 Å². The highest BCUT2D eigenvalue weighted by molar-refractivity contribution is 5.95. The minimum absolute atomic E-state index is 0.0187. The monoisotopic (exact) mass is 434 g/mol. The van der Waals surface area contributed by atoms with Gasteiger partial charge in [0.1, 0.15) is 0 Å². The van der Waals surface area contributed by atoms with Crippen LogP contribution in [0.25, 0.3) is 0 Å². The predicted octanol–water partition coefficient (Wildman–Crippen LogP) is 3.32. The second-order valence-electron chi connectivity index (χ2n) is 6.51. The summed E-state index contributed by atoms with van der Waals surface area (Å²) in [5.74, 6) is 0.320. The third-order valence-electron chi connectivity index (χ3n) is 4.32. The molecule has 0 spiro atoms. The van der Waals surface area contributed by atoms with Gasteiger partial charge in [-0.1, -0.05) is 6.07 Å². The zero-order valence-electron chi connectivity index (χ0n) is 17.4. The summed E-state index contributed by atoms with van der Waals surface area (Å²) in [5.41, 5.74) is 7.66. The zero-order chi connectivity index (χ0) is 22.9. The average molecular weight is 434 g/mol. The summed E-state index contributed by atoms with van der Waals surface area (Å²) in [4.78, 5) is 12.4. The minimum atomic E-state index is -0.400. The van der Waals surface area contributed by atoms with E-state index >= 15 is 0 Å². The van der Waals surface area contributed by atoms with Crippen LogP contribution in [0.4, 0.5) is 5.69 Å². The van der Waals surface area contributed by atoms with Crippen LogP contribution < -0.4 is 20.3 Å². The SMILES string of the molecule is COc1cc(C=NNC(=O)c2cccc(NN=Cc3ccc(O)c(OC)c3)c2)ccc1O. The molecule has 0 unspecified atom stereocenters. The number of carbonyl (C=O) groups is 1. The molecule has 164 valence electrons. The molecule has 0 bridgehead atoms. The van der Waals surface area contributed by atoms with Crippen LogP contribution in [-0.2, 0) is 0 Å². The highest BCUT2D eigenvalue weighted by Crippen LogP contribution is 2.26. The van der Waals surface area contributed by atoms with E-state index in [4.69, 9.17) is 9.47 Å². The van der Waals surface area contributed by atoms with Crippen molar-refractivity contribution in [3.63, 3.8) is 0 Å². The van der Waals surface area contributed by atoms with Crippen LogP contribution in [0, 0.1) is 0 Å². The summed E-state index contributed by atoms with van der Waals surface area (Å²) in [6, 6.07) is 16.3. The molecule has 32 heavy (non-hydrogen) atoms. The predicted molar refractivity (Wildman–Crippen MR) is 122 cm³/mol. The minimum Gasteiger partial charge on any atom is -0.504 e. The van der Waals surface area contributed by atoms with Gasteiger partial charge in [-0.25, -0.2) is 5.43 Å². The van der Waals surface area contributed by atoms with Gasteiger partial charge in [-0.2, -0.15) is 10.2 Å². The second kappa shape index (κ2) is 10.5. The van der Waals surface area contributed by atoms with Crippen molar-refractivity contribution in [2.45, 2.75) is 0 Å². The molecule has 0 saturated heterocycles. The van der Waals surface area contributed by atoms with Gasteiger partial charge in [-0.3, -0.25) is 10.2 Å². The Labute approximate surface area is 184 Å². The average Bonchev–Trinajstić information content (AvgIpc) is 2.81. The van der Waals surface area contributed by atoms with E-state index < -0.39 is 5.91 Å². The summed E-state index contributed by atoms with van der Waals surface area (Å²) < 4.78 is 10.1. The summed E-state index contributed by atoms with van der Waals surface area (Å²) in [6.07, 6.45) is 3.00. The molecule has 0 heterocycles. The van der Waals surface area contributed by atoms with Crippen LogP contribution in [0.5, 0.6) is 23.0 Å². The molecule has 3 aromatic rings. The maximum Gasteiger partial charge on any atom is 0.271 e. The van der Waals surface area contributed by atoms with Gasteiger partial charge < -0.3 is 19.7 Å². The first-order valence-corrected chi connectivity index (χ1v) is 9.46. The Morgan fingerprint density at radius 1 is 0.844 bits per heavy atom. The maximum absolute atomic E-state index is 12.4. The van der Waals surface area contributed by atoms with Crippen LogP contribution in [0.15, 0.2) is 70.9 Å². The molecular formula is C23H22N4O5. The van der Waals surface area contributed by atoms with Crippen molar-refractivity contribution in [2.75, 3.05) is 19.6 Å². The lowest BCUT2D eigenvalue weighted by molar-refractivity contribution is 0.0955. The van der Waals surface area contributed by atoms with Gasteiger partial charge in [0.15, 0.2) is 23.0 Å². The number of hydrazone groups is 2. The lowest BCUT2D eigenvalue weighted by Gasteiger charge is -2.05. The van der Waals surface area contributed by atoms with Crippen molar-refractivity contribution in [3.8, 4) is 23.0 Å². The number of amides is 1. The molecule has 0 fully saturated rings. The molecule has 3 aromatic carbocycles. The lowest BCUT2D eigenvalue weighted by Crippen LogP contribution is -2.17. The first kappa shape index (κ1) is 22.2. The number of hydrogen-bond acceptors (Lipinski definition) is 8. The van der Waals surface area contributed by atoms with Crippen molar-refractivity contribution < 1.29 is 24.5 Å². The van der Waals surface area contributed by atoms with E-state index in [1.807, 2.05) is 0 Å². The fourth-order valence-electron chi connectivity index (χ4n) is 2.69. The number of benzene rings is 3. The summed E-state index contributed by atoms with van der Waals surface area (Å²) >= 11 is 0. The van der Waals surface area contributed by atoms with E-state index in [9.17, 15) is 15.0 Å². The Kier molecular flexibility index (Phi) is 7.26. The molecule has 3 rings (SSSR count). The molecule has 9 heteroatoms. The van der Waals surface area contributed by atoms with Gasteiger partial charge in [-0.05, 0) is 65.7 Å². The lowest BCUT2D eigenvalue weighted by atomic mass is 10.2. The normalized spacial score (nSPS) is 10.9. The van der Waals surface area contributed by atoms with E-state index in [1.54, 1.807) is 54.7 Å². The van der Waals surface area contributed by atoms with Gasteiger partial charge in [0, 0.05) is 5.56 Å². The standard InChI is InChI=1S/C23H22N4O5/c1-31-21-10-15(6-8-19(21)28)13-24-26-18-5-3-4-17(12-18)23(30)27-25-14-16-7-9-20(29)22(11-16)32-2/h3-14,26,28-29H,1-2H3,(H,27,30). The molecule has 9 nitrogen and oxygen atoms in total. The number of methoxy groups -OCH3 is 2. The zero-order valence-corrected chi connectivity index (χ0v) is 17.4. The summed E-state index contributed by atoms with van der Waals surface area (Å²) in [5, 5.41) is 27.3. The largest absolute Gasteiger partial charge is 0.504 e. The summed E-state index contributed by atoms with van der Waals surface area (Å²) in [7, 11) is 2.92. The van der Waals surface area contributed by atoms with Crippen LogP contribution in [0.2, 0.25) is 0 Å². The van der Waals surface area contributed by atoms with Crippen molar-refractivity contribution in [2.24, 2.45) is 10.2 Å². The Bertz CT molecular complexity index is 1160. The third kappa shape index (κ3) is 5.76. The number of aromatic hydroxyl groups is 2. The molecule has 0 atom stereocenters. The van der Waals surface area contributed by atoms with Crippen molar-refractivity contribution in [1.29, 1.82) is 0 Å². The number of ether oxygens (including phenoxy) is 2. The van der Waals surface area contributed by atoms with Gasteiger partial charge >= 0.3 is 0 Å².